The van der Waals surface area contributed by atoms with Crippen LogP contribution < -0.4 is 0 Å². The zero-order valence-electron chi connectivity index (χ0n) is 65.8. The molecule has 0 aliphatic carbocycles. The van der Waals surface area contributed by atoms with Gasteiger partial charge in [0.1, 0.15) is 19.3 Å². The van der Waals surface area contributed by atoms with E-state index < -0.39 is 97.5 Å². The molecule has 0 aliphatic rings. The Morgan fingerprint density at radius 1 is 0.280 bits per heavy atom. The van der Waals surface area contributed by atoms with Crippen molar-refractivity contribution in [3.63, 3.8) is 0 Å². The summed E-state index contributed by atoms with van der Waals surface area (Å²) in [6.45, 7) is 14.3. The highest BCUT2D eigenvalue weighted by Crippen LogP contribution is 2.45. The molecule has 0 heterocycles. The van der Waals surface area contributed by atoms with E-state index in [-0.39, 0.29) is 25.7 Å². The molecule has 100 heavy (non-hydrogen) atoms. The van der Waals surface area contributed by atoms with Crippen molar-refractivity contribution in [2.24, 2.45) is 23.7 Å². The number of ether oxygens (including phenoxy) is 4. The standard InChI is InChI=1S/C81H158O17P2/c1-9-73(7)59-51-43-35-28-24-20-15-13-11-12-14-16-21-25-29-37-47-55-63-80(85)97-76(67-91-78(83)61-53-45-36-32-31-34-42-50-58-72(5)6)69-95-99(87,88)93-65-75(82)66-94-100(89,90)96-70-77(68-92-79(84)62-54-46-40-39-44-52-60-74(8)10-2)98-81(86)64-56-48-38-30-26-22-18-17-19-23-27-33-41-49-57-71(3)4/h71-77,82H,9-70H2,1-8H3,(H,87,88)(H,89,90)/t73?,74?,75-,76-,77-/m1/s1. The van der Waals surface area contributed by atoms with Gasteiger partial charge < -0.3 is 33.8 Å². The summed E-state index contributed by atoms with van der Waals surface area (Å²) in [5, 5.41) is 10.6. The number of phosphoric acid groups is 2. The van der Waals surface area contributed by atoms with Crippen LogP contribution in [-0.2, 0) is 65.4 Å². The third kappa shape index (κ3) is 71.7. The summed E-state index contributed by atoms with van der Waals surface area (Å²) in [5.74, 6) is 1.01. The van der Waals surface area contributed by atoms with Gasteiger partial charge in [-0.15, -0.1) is 0 Å². The first-order chi connectivity index (χ1) is 48.2. The first kappa shape index (κ1) is 98.1. The maximum absolute atomic E-state index is 13.1. The molecule has 0 saturated heterocycles. The molecule has 0 aromatic heterocycles. The van der Waals surface area contributed by atoms with E-state index >= 15 is 0 Å². The van der Waals surface area contributed by atoms with Gasteiger partial charge in [-0.05, 0) is 49.4 Å². The van der Waals surface area contributed by atoms with Crippen LogP contribution in [0.15, 0.2) is 0 Å². The summed E-state index contributed by atoms with van der Waals surface area (Å²) in [4.78, 5) is 73.0. The molecule has 0 spiro atoms. The topological polar surface area (TPSA) is 237 Å². The highest BCUT2D eigenvalue weighted by molar-refractivity contribution is 7.47. The van der Waals surface area contributed by atoms with Gasteiger partial charge in [-0.25, -0.2) is 9.13 Å². The number of aliphatic hydroxyl groups is 1. The monoisotopic (exact) mass is 1470 g/mol. The van der Waals surface area contributed by atoms with Gasteiger partial charge in [0.15, 0.2) is 12.2 Å². The first-order valence-corrected chi connectivity index (χ1v) is 44.8. The average molecular weight is 1470 g/mol. The number of unbranched alkanes of at least 4 members (excludes halogenated alkanes) is 42. The normalized spacial score (nSPS) is 14.6. The van der Waals surface area contributed by atoms with Gasteiger partial charge in [0.25, 0.3) is 0 Å². The Morgan fingerprint density at radius 2 is 0.480 bits per heavy atom. The summed E-state index contributed by atoms with van der Waals surface area (Å²) in [6, 6.07) is 0. The lowest BCUT2D eigenvalue weighted by molar-refractivity contribution is -0.161. The van der Waals surface area contributed by atoms with Crippen molar-refractivity contribution in [2.45, 2.75) is 433 Å². The molecule has 7 atom stereocenters. The predicted octanol–water partition coefficient (Wildman–Crippen LogP) is 24.0. The van der Waals surface area contributed by atoms with Crippen LogP contribution >= 0.6 is 15.6 Å². The zero-order valence-corrected chi connectivity index (χ0v) is 67.6. The SMILES string of the molecule is CCC(C)CCCCCCCCCCCCCCCCCCCCC(=O)O[C@H](COC(=O)CCCCCCCCCCC(C)C)COP(=O)(O)OC[C@@H](O)COP(=O)(O)OC[C@@H](COC(=O)CCCCCCCCC(C)CC)OC(=O)CCCCCCCCCCCCCCCCC(C)C. The maximum atomic E-state index is 13.1. The Balaban J connectivity index is 5.18. The average Bonchev–Trinajstić information content (AvgIpc) is 1.03. The fourth-order valence-corrected chi connectivity index (χ4v) is 13.9. The lowest BCUT2D eigenvalue weighted by atomic mass is 9.99. The molecule has 594 valence electrons. The summed E-state index contributed by atoms with van der Waals surface area (Å²) in [7, 11) is -9.92. The van der Waals surface area contributed by atoms with Crippen molar-refractivity contribution >= 4 is 39.5 Å². The van der Waals surface area contributed by atoms with Gasteiger partial charge in [0.05, 0.1) is 26.4 Å². The molecule has 0 aliphatic heterocycles. The van der Waals surface area contributed by atoms with E-state index in [1.54, 1.807) is 0 Å². The van der Waals surface area contributed by atoms with Crippen LogP contribution in [0, 0.1) is 23.7 Å². The van der Waals surface area contributed by atoms with Crippen LogP contribution in [0.3, 0.4) is 0 Å². The number of phosphoric ester groups is 2. The van der Waals surface area contributed by atoms with Gasteiger partial charge in [-0.1, -0.05) is 364 Å². The number of aliphatic hydroxyl groups excluding tert-OH is 1. The quantitative estimate of drug-likeness (QED) is 0.0222. The molecule has 0 amide bonds. The minimum atomic E-state index is -4.96. The summed E-state index contributed by atoms with van der Waals surface area (Å²) >= 11 is 0. The summed E-state index contributed by atoms with van der Waals surface area (Å²) in [5.41, 5.74) is 0. The van der Waals surface area contributed by atoms with Crippen molar-refractivity contribution in [3.8, 4) is 0 Å². The highest BCUT2D eigenvalue weighted by Gasteiger charge is 2.30. The molecule has 3 N–H and O–H groups in total. The van der Waals surface area contributed by atoms with Crippen molar-refractivity contribution in [1.29, 1.82) is 0 Å². The molecule has 0 saturated carbocycles. The Hall–Kier alpha value is -1.94. The fourth-order valence-electron chi connectivity index (χ4n) is 12.4. The van der Waals surface area contributed by atoms with Crippen LogP contribution in [0.2, 0.25) is 0 Å². The number of carbonyl (C=O) groups is 4. The number of carbonyl (C=O) groups excluding carboxylic acids is 4. The summed E-state index contributed by atoms with van der Waals surface area (Å²) < 4.78 is 68.7. The lowest BCUT2D eigenvalue weighted by Crippen LogP contribution is -2.30. The second-order valence-corrected chi connectivity index (χ2v) is 33.5. The van der Waals surface area contributed by atoms with Crippen LogP contribution in [0.5, 0.6) is 0 Å². The van der Waals surface area contributed by atoms with Crippen molar-refractivity contribution < 1.29 is 80.2 Å². The smallest absolute Gasteiger partial charge is 0.462 e. The molecule has 0 aromatic rings. The van der Waals surface area contributed by atoms with Gasteiger partial charge in [-0.3, -0.25) is 37.3 Å². The highest BCUT2D eigenvalue weighted by atomic mass is 31.2. The molecule has 0 aromatic carbocycles. The van der Waals surface area contributed by atoms with Gasteiger partial charge >= 0.3 is 39.5 Å². The van der Waals surface area contributed by atoms with E-state index in [9.17, 15) is 43.2 Å². The predicted molar refractivity (Wildman–Crippen MR) is 409 cm³/mol. The molecule has 0 bridgehead atoms. The van der Waals surface area contributed by atoms with Crippen molar-refractivity contribution in [3.05, 3.63) is 0 Å². The third-order valence-electron chi connectivity index (χ3n) is 19.5. The van der Waals surface area contributed by atoms with E-state index in [2.05, 4.69) is 55.4 Å². The largest absolute Gasteiger partial charge is 0.472 e. The third-order valence-corrected chi connectivity index (χ3v) is 21.4. The Kier molecular flexibility index (Phi) is 68.7. The van der Waals surface area contributed by atoms with Crippen LogP contribution in [-0.4, -0.2) is 96.7 Å². The number of rotatable bonds is 78. The van der Waals surface area contributed by atoms with E-state index in [0.717, 1.165) is 120 Å². The molecule has 0 radical (unpaired) electrons. The Morgan fingerprint density at radius 3 is 0.710 bits per heavy atom. The molecule has 17 nitrogen and oxygen atoms in total. The Labute approximate surface area is 613 Å². The molecule has 19 heteroatoms. The van der Waals surface area contributed by atoms with E-state index in [4.69, 9.17) is 37.0 Å². The minimum absolute atomic E-state index is 0.106. The van der Waals surface area contributed by atoms with E-state index in [0.29, 0.717) is 25.7 Å². The van der Waals surface area contributed by atoms with Gasteiger partial charge in [-0.2, -0.15) is 0 Å². The molecular weight excluding hydrogens is 1310 g/mol. The van der Waals surface area contributed by atoms with Crippen molar-refractivity contribution in [1.82, 2.24) is 0 Å². The van der Waals surface area contributed by atoms with Crippen LogP contribution in [0.25, 0.3) is 0 Å². The second kappa shape index (κ2) is 70.1. The fraction of sp³-hybridized carbons (Fsp3) is 0.951. The molecule has 0 rings (SSSR count). The lowest BCUT2D eigenvalue weighted by Gasteiger charge is -2.21. The number of hydrogen-bond donors (Lipinski definition) is 3. The van der Waals surface area contributed by atoms with Crippen LogP contribution in [0.1, 0.15) is 415 Å². The van der Waals surface area contributed by atoms with Crippen molar-refractivity contribution in [2.75, 3.05) is 39.6 Å². The molecular formula is C81H158O17P2. The zero-order chi connectivity index (χ0) is 73.8. The van der Waals surface area contributed by atoms with E-state index in [1.165, 1.54) is 212 Å². The summed E-state index contributed by atoms with van der Waals surface area (Å²) in [6.07, 6.45) is 57.0. The first-order valence-electron chi connectivity index (χ1n) is 41.8. The van der Waals surface area contributed by atoms with Crippen LogP contribution in [0.4, 0.5) is 0 Å². The molecule has 4 unspecified atom stereocenters. The number of esters is 4. The van der Waals surface area contributed by atoms with Gasteiger partial charge in [0.2, 0.25) is 0 Å². The van der Waals surface area contributed by atoms with Gasteiger partial charge in [0, 0.05) is 25.7 Å². The Bertz CT molecular complexity index is 1960. The molecule has 0 fully saturated rings. The second-order valence-electron chi connectivity index (χ2n) is 30.6. The van der Waals surface area contributed by atoms with E-state index in [1.807, 2.05) is 0 Å². The maximum Gasteiger partial charge on any atom is 0.472 e. The number of hydrogen-bond acceptors (Lipinski definition) is 15. The minimum Gasteiger partial charge on any atom is -0.462 e.